The lowest BCUT2D eigenvalue weighted by Gasteiger charge is -2.37. The van der Waals surface area contributed by atoms with Crippen molar-refractivity contribution in [3.63, 3.8) is 0 Å². The van der Waals surface area contributed by atoms with Gasteiger partial charge >= 0.3 is 0 Å². The van der Waals surface area contributed by atoms with Crippen LogP contribution >= 0.6 is 0 Å². The quantitative estimate of drug-likeness (QED) is 0.595. The van der Waals surface area contributed by atoms with Crippen LogP contribution in [0.25, 0.3) is 0 Å². The third-order valence-corrected chi connectivity index (χ3v) is 2.52. The molecule has 66 valence electrons. The molecule has 1 saturated carbocycles. The Kier molecular flexibility index (Phi) is 1.56. The largest absolute Gasteiger partial charge is 0.369 e. The van der Waals surface area contributed by atoms with E-state index in [1.165, 1.54) is 0 Å². The summed E-state index contributed by atoms with van der Waals surface area (Å²) in [5, 5.41) is 0. The highest BCUT2D eigenvalue weighted by molar-refractivity contribution is 5.85. The first kappa shape index (κ1) is 7.58. The van der Waals surface area contributed by atoms with Crippen LogP contribution in [0.15, 0.2) is 0 Å². The fourth-order valence-corrected chi connectivity index (χ4v) is 1.43. The van der Waals surface area contributed by atoms with Gasteiger partial charge in [-0.1, -0.05) is 0 Å². The molecule has 0 aromatic rings. The summed E-state index contributed by atoms with van der Waals surface area (Å²) in [6, 6.07) is 0. The number of nitrogens with two attached hydrogens (primary N) is 1. The lowest BCUT2D eigenvalue weighted by atomic mass is 9.99. The minimum Gasteiger partial charge on any atom is -0.369 e. The van der Waals surface area contributed by atoms with Crippen molar-refractivity contribution >= 4 is 11.8 Å². The number of amides is 2. The van der Waals surface area contributed by atoms with Gasteiger partial charge < -0.3 is 10.6 Å². The van der Waals surface area contributed by atoms with Gasteiger partial charge in [-0.15, -0.1) is 0 Å². The van der Waals surface area contributed by atoms with E-state index in [-0.39, 0.29) is 23.7 Å². The summed E-state index contributed by atoms with van der Waals surface area (Å²) in [4.78, 5) is 23.7. The lowest BCUT2D eigenvalue weighted by Crippen LogP contribution is -2.55. The Balaban J connectivity index is 1.80. The third-order valence-electron chi connectivity index (χ3n) is 2.52. The summed E-state index contributed by atoms with van der Waals surface area (Å²) in [5.41, 5.74) is 5.07. The zero-order chi connectivity index (χ0) is 8.72. The van der Waals surface area contributed by atoms with Crippen LogP contribution in [-0.2, 0) is 9.59 Å². The first-order valence-corrected chi connectivity index (χ1v) is 4.26. The van der Waals surface area contributed by atoms with Crippen LogP contribution < -0.4 is 5.73 Å². The molecule has 0 aromatic heterocycles. The molecule has 0 aromatic carbocycles. The average Bonchev–Trinajstić information content (AvgIpc) is 2.62. The molecule has 1 heterocycles. The van der Waals surface area contributed by atoms with E-state index in [1.54, 1.807) is 4.90 Å². The fraction of sp³-hybridized carbons (Fsp3) is 0.750. The second-order valence-electron chi connectivity index (χ2n) is 3.62. The minimum atomic E-state index is -0.283. The molecule has 0 spiro atoms. The standard InChI is InChI=1S/C8H12N2O2/c9-7(11)6-3-10(4-6)8(12)5-1-2-5/h5-6H,1-4H2,(H2,9,11). The van der Waals surface area contributed by atoms with Crippen molar-refractivity contribution in [2.45, 2.75) is 12.8 Å². The average molecular weight is 168 g/mol. The van der Waals surface area contributed by atoms with Crippen molar-refractivity contribution in [3.05, 3.63) is 0 Å². The number of rotatable bonds is 2. The summed E-state index contributed by atoms with van der Waals surface area (Å²) in [6.07, 6.45) is 2.05. The molecule has 2 N–H and O–H groups in total. The minimum absolute atomic E-state index is 0.0901. The Labute approximate surface area is 70.7 Å². The van der Waals surface area contributed by atoms with Gasteiger partial charge in [0.05, 0.1) is 5.92 Å². The van der Waals surface area contributed by atoms with E-state index in [0.29, 0.717) is 13.1 Å². The van der Waals surface area contributed by atoms with Gasteiger partial charge in [-0.05, 0) is 12.8 Å². The number of hydrogen-bond acceptors (Lipinski definition) is 2. The van der Waals surface area contributed by atoms with E-state index in [1.807, 2.05) is 0 Å². The van der Waals surface area contributed by atoms with Crippen molar-refractivity contribution in [2.24, 2.45) is 17.6 Å². The van der Waals surface area contributed by atoms with E-state index in [2.05, 4.69) is 0 Å². The van der Waals surface area contributed by atoms with E-state index in [0.717, 1.165) is 12.8 Å². The van der Waals surface area contributed by atoms with E-state index < -0.39 is 0 Å². The van der Waals surface area contributed by atoms with Crippen molar-refractivity contribution in [2.75, 3.05) is 13.1 Å². The third kappa shape index (κ3) is 1.17. The van der Waals surface area contributed by atoms with Crippen LogP contribution in [0.1, 0.15) is 12.8 Å². The Morgan fingerprint density at radius 1 is 1.17 bits per heavy atom. The maximum absolute atomic E-state index is 11.3. The van der Waals surface area contributed by atoms with E-state index in [4.69, 9.17) is 5.73 Å². The topological polar surface area (TPSA) is 63.4 Å². The molecule has 1 aliphatic carbocycles. The molecule has 0 unspecified atom stereocenters. The molecule has 1 saturated heterocycles. The Morgan fingerprint density at radius 3 is 2.17 bits per heavy atom. The SMILES string of the molecule is NC(=O)C1CN(C(=O)C2CC2)C1. The number of likely N-dealkylation sites (tertiary alicyclic amines) is 1. The molecule has 0 bridgehead atoms. The molecule has 12 heavy (non-hydrogen) atoms. The highest BCUT2D eigenvalue weighted by Gasteiger charge is 2.40. The van der Waals surface area contributed by atoms with Crippen molar-refractivity contribution in [1.29, 1.82) is 0 Å². The molecule has 2 rings (SSSR count). The van der Waals surface area contributed by atoms with Crippen molar-refractivity contribution in [1.82, 2.24) is 4.90 Å². The molecular weight excluding hydrogens is 156 g/mol. The molecule has 1 aliphatic heterocycles. The first-order valence-electron chi connectivity index (χ1n) is 4.26. The maximum Gasteiger partial charge on any atom is 0.225 e. The monoisotopic (exact) mass is 168 g/mol. The summed E-state index contributed by atoms with van der Waals surface area (Å²) in [5.74, 6) is 0.105. The number of carbonyl (C=O) groups is 2. The second-order valence-corrected chi connectivity index (χ2v) is 3.62. The molecular formula is C8H12N2O2. The predicted octanol–water partition coefficient (Wildman–Crippen LogP) is -0.660. The number of nitrogens with zero attached hydrogens (tertiary/aromatic N) is 1. The Bertz CT molecular complexity index is 229. The molecule has 2 aliphatic rings. The summed E-state index contributed by atoms with van der Waals surface area (Å²) in [6.45, 7) is 1.09. The van der Waals surface area contributed by atoms with Gasteiger partial charge in [0.25, 0.3) is 0 Å². The maximum atomic E-state index is 11.3. The lowest BCUT2D eigenvalue weighted by molar-refractivity contribution is -0.142. The van der Waals surface area contributed by atoms with Gasteiger partial charge in [-0.2, -0.15) is 0 Å². The van der Waals surface area contributed by atoms with Crippen LogP contribution in [-0.4, -0.2) is 29.8 Å². The van der Waals surface area contributed by atoms with Crippen molar-refractivity contribution < 1.29 is 9.59 Å². The highest BCUT2D eigenvalue weighted by atomic mass is 16.2. The van der Waals surface area contributed by atoms with Crippen LogP contribution in [0.5, 0.6) is 0 Å². The number of hydrogen-bond donors (Lipinski definition) is 1. The molecule has 2 amide bonds. The molecule has 2 fully saturated rings. The predicted molar refractivity (Wildman–Crippen MR) is 42.0 cm³/mol. The fourth-order valence-electron chi connectivity index (χ4n) is 1.43. The van der Waals surface area contributed by atoms with E-state index in [9.17, 15) is 9.59 Å². The van der Waals surface area contributed by atoms with Crippen LogP contribution in [0.2, 0.25) is 0 Å². The molecule has 0 atom stereocenters. The summed E-state index contributed by atoms with van der Waals surface area (Å²) in [7, 11) is 0. The van der Waals surface area contributed by atoms with Gasteiger partial charge in [0.15, 0.2) is 0 Å². The highest BCUT2D eigenvalue weighted by Crippen LogP contribution is 2.33. The summed E-state index contributed by atoms with van der Waals surface area (Å²) >= 11 is 0. The zero-order valence-corrected chi connectivity index (χ0v) is 6.82. The molecule has 0 radical (unpaired) electrons. The van der Waals surface area contributed by atoms with Crippen LogP contribution in [0.4, 0.5) is 0 Å². The van der Waals surface area contributed by atoms with E-state index >= 15 is 0 Å². The zero-order valence-electron chi connectivity index (χ0n) is 6.82. The van der Waals surface area contributed by atoms with Gasteiger partial charge in [0.2, 0.25) is 11.8 Å². The molecule has 4 nitrogen and oxygen atoms in total. The summed E-state index contributed by atoms with van der Waals surface area (Å²) < 4.78 is 0. The van der Waals surface area contributed by atoms with Crippen molar-refractivity contribution in [3.8, 4) is 0 Å². The normalized spacial score (nSPS) is 23.5. The van der Waals surface area contributed by atoms with Gasteiger partial charge in [0, 0.05) is 19.0 Å². The van der Waals surface area contributed by atoms with Gasteiger partial charge in [0.1, 0.15) is 0 Å². The van der Waals surface area contributed by atoms with Crippen LogP contribution in [0.3, 0.4) is 0 Å². The van der Waals surface area contributed by atoms with Gasteiger partial charge in [-0.3, -0.25) is 9.59 Å². The first-order chi connectivity index (χ1) is 5.68. The Morgan fingerprint density at radius 2 is 1.75 bits per heavy atom. The number of primary amides is 1. The van der Waals surface area contributed by atoms with Crippen LogP contribution in [0, 0.1) is 11.8 Å². The second kappa shape index (κ2) is 2.47. The number of carbonyl (C=O) groups excluding carboxylic acids is 2. The smallest absolute Gasteiger partial charge is 0.225 e. The Hall–Kier alpha value is -1.06. The molecule has 4 heteroatoms. The van der Waals surface area contributed by atoms with Gasteiger partial charge in [-0.25, -0.2) is 0 Å².